The Morgan fingerprint density at radius 1 is 0.906 bits per heavy atom. The van der Waals surface area contributed by atoms with Crippen molar-refractivity contribution in [2.75, 3.05) is 39.5 Å². The Labute approximate surface area is 186 Å². The average Bonchev–Trinajstić information content (AvgIpc) is 2.84. The van der Waals surface area contributed by atoms with Gasteiger partial charge in [0.2, 0.25) is 0 Å². The molecule has 0 aliphatic carbocycles. The van der Waals surface area contributed by atoms with Crippen molar-refractivity contribution in [1.82, 2.24) is 14.9 Å². The molecule has 5 rings (SSSR count). The maximum Gasteiger partial charge on any atom is 0.251 e. The molecule has 6 heteroatoms. The molecule has 1 saturated heterocycles. The van der Waals surface area contributed by atoms with E-state index in [9.17, 15) is 4.79 Å². The van der Waals surface area contributed by atoms with Gasteiger partial charge < -0.3 is 14.5 Å². The van der Waals surface area contributed by atoms with Crippen LogP contribution < -0.4 is 10.3 Å². The molecule has 0 bridgehead atoms. The molecule has 0 radical (unpaired) electrons. The molecular formula is C26H25N3O3. The van der Waals surface area contributed by atoms with Crippen molar-refractivity contribution in [2.24, 2.45) is 0 Å². The Morgan fingerprint density at radius 3 is 2.53 bits per heavy atom. The lowest BCUT2D eigenvalue weighted by Gasteiger charge is -2.26. The van der Waals surface area contributed by atoms with Gasteiger partial charge in [-0.3, -0.25) is 9.69 Å². The molecule has 4 aromatic rings. The Kier molecular flexibility index (Phi) is 5.96. The molecule has 6 nitrogen and oxygen atoms in total. The summed E-state index contributed by atoms with van der Waals surface area (Å²) in [5.41, 5.74) is 2.28. The van der Waals surface area contributed by atoms with Gasteiger partial charge in [0.05, 0.1) is 18.9 Å². The third-order valence-electron chi connectivity index (χ3n) is 5.68. The number of rotatable bonds is 6. The van der Waals surface area contributed by atoms with Crippen LogP contribution in [0.5, 0.6) is 5.75 Å². The number of morpholine rings is 1. The second-order valence-corrected chi connectivity index (χ2v) is 7.87. The zero-order chi connectivity index (χ0) is 21.8. The molecule has 1 aliphatic rings. The number of fused-ring (bicyclic) bond motifs is 1. The summed E-state index contributed by atoms with van der Waals surface area (Å²) in [6.07, 6.45) is 0. The summed E-state index contributed by atoms with van der Waals surface area (Å²) in [6.45, 7) is 5.08. The average molecular weight is 428 g/mol. The summed E-state index contributed by atoms with van der Waals surface area (Å²) in [7, 11) is 0. The summed E-state index contributed by atoms with van der Waals surface area (Å²) >= 11 is 0. The van der Waals surface area contributed by atoms with Crippen molar-refractivity contribution >= 4 is 10.8 Å². The molecule has 1 N–H and O–H groups in total. The molecule has 1 aliphatic heterocycles. The van der Waals surface area contributed by atoms with Crippen LogP contribution in [0, 0.1) is 0 Å². The monoisotopic (exact) mass is 427 g/mol. The Hall–Kier alpha value is -3.48. The van der Waals surface area contributed by atoms with Gasteiger partial charge in [-0.25, -0.2) is 4.98 Å². The van der Waals surface area contributed by atoms with E-state index in [1.54, 1.807) is 0 Å². The molecular weight excluding hydrogens is 402 g/mol. The van der Waals surface area contributed by atoms with Gasteiger partial charge in [-0.15, -0.1) is 0 Å². The molecule has 162 valence electrons. The highest BCUT2D eigenvalue weighted by Gasteiger charge is 2.10. The van der Waals surface area contributed by atoms with Gasteiger partial charge in [0, 0.05) is 36.8 Å². The van der Waals surface area contributed by atoms with Gasteiger partial charge in [-0.1, -0.05) is 48.5 Å². The van der Waals surface area contributed by atoms with Crippen molar-refractivity contribution in [3.8, 4) is 28.4 Å². The number of hydrogen-bond acceptors (Lipinski definition) is 5. The molecule has 2 heterocycles. The van der Waals surface area contributed by atoms with Crippen molar-refractivity contribution in [1.29, 1.82) is 0 Å². The Bertz CT molecular complexity index is 1260. The predicted octanol–water partition coefficient (Wildman–Crippen LogP) is 3.97. The van der Waals surface area contributed by atoms with Crippen LogP contribution in [0.25, 0.3) is 33.4 Å². The summed E-state index contributed by atoms with van der Waals surface area (Å²) in [6, 6.07) is 23.4. The summed E-state index contributed by atoms with van der Waals surface area (Å²) in [5.74, 6) is 1.42. The molecule has 32 heavy (non-hydrogen) atoms. The highest BCUT2D eigenvalue weighted by atomic mass is 16.5. The van der Waals surface area contributed by atoms with Crippen LogP contribution in [0.3, 0.4) is 0 Å². The largest absolute Gasteiger partial charge is 0.492 e. The van der Waals surface area contributed by atoms with Gasteiger partial charge in [-0.2, -0.15) is 0 Å². The molecule has 1 aromatic heterocycles. The number of ether oxygens (including phenoxy) is 2. The van der Waals surface area contributed by atoms with E-state index in [1.165, 1.54) is 6.07 Å². The zero-order valence-corrected chi connectivity index (χ0v) is 17.8. The van der Waals surface area contributed by atoms with E-state index in [2.05, 4.69) is 20.9 Å². The predicted molar refractivity (Wildman–Crippen MR) is 126 cm³/mol. The van der Waals surface area contributed by atoms with Gasteiger partial charge in [0.1, 0.15) is 18.2 Å². The van der Waals surface area contributed by atoms with Crippen LogP contribution in [0.4, 0.5) is 0 Å². The fourth-order valence-electron chi connectivity index (χ4n) is 3.93. The van der Waals surface area contributed by atoms with Crippen molar-refractivity contribution in [3.63, 3.8) is 0 Å². The normalized spacial score (nSPS) is 14.5. The first-order valence-corrected chi connectivity index (χ1v) is 10.9. The van der Waals surface area contributed by atoms with Crippen LogP contribution in [0.2, 0.25) is 0 Å². The van der Waals surface area contributed by atoms with E-state index in [-0.39, 0.29) is 5.56 Å². The highest BCUT2D eigenvalue weighted by Crippen LogP contribution is 2.26. The lowest BCUT2D eigenvalue weighted by Crippen LogP contribution is -2.38. The first-order valence-electron chi connectivity index (χ1n) is 10.9. The van der Waals surface area contributed by atoms with E-state index in [1.807, 2.05) is 60.7 Å². The fraction of sp³-hybridized carbons (Fsp3) is 0.231. The highest BCUT2D eigenvalue weighted by molar-refractivity contribution is 5.87. The van der Waals surface area contributed by atoms with Gasteiger partial charge >= 0.3 is 0 Å². The smallest absolute Gasteiger partial charge is 0.251 e. The number of hydrogen-bond donors (Lipinski definition) is 1. The number of nitrogens with zero attached hydrogens (tertiary/aromatic N) is 2. The van der Waals surface area contributed by atoms with Gasteiger partial charge in [0.15, 0.2) is 0 Å². The molecule has 1 fully saturated rings. The van der Waals surface area contributed by atoms with Crippen LogP contribution in [-0.2, 0) is 4.74 Å². The summed E-state index contributed by atoms with van der Waals surface area (Å²) in [4.78, 5) is 22.2. The minimum atomic E-state index is -0.169. The first kappa shape index (κ1) is 20.4. The summed E-state index contributed by atoms with van der Waals surface area (Å²) in [5, 5.41) is 2.15. The summed E-state index contributed by atoms with van der Waals surface area (Å²) < 4.78 is 11.4. The number of nitrogens with one attached hydrogen (secondary N) is 1. The molecule has 0 spiro atoms. The lowest BCUT2D eigenvalue weighted by atomic mass is 10.1. The maximum absolute atomic E-state index is 12.3. The van der Waals surface area contributed by atoms with Crippen LogP contribution in [-0.4, -0.2) is 54.3 Å². The zero-order valence-electron chi connectivity index (χ0n) is 17.8. The van der Waals surface area contributed by atoms with Crippen molar-refractivity contribution in [3.05, 3.63) is 83.2 Å². The fourth-order valence-corrected chi connectivity index (χ4v) is 3.93. The van der Waals surface area contributed by atoms with Crippen LogP contribution in [0.15, 0.2) is 77.6 Å². The number of aromatic nitrogens is 2. The molecule has 0 unspecified atom stereocenters. The quantitative estimate of drug-likeness (QED) is 0.504. The minimum Gasteiger partial charge on any atom is -0.492 e. The minimum absolute atomic E-state index is 0.169. The van der Waals surface area contributed by atoms with Gasteiger partial charge in [0.25, 0.3) is 5.56 Å². The van der Waals surface area contributed by atoms with Crippen molar-refractivity contribution in [2.45, 2.75) is 0 Å². The second-order valence-electron chi connectivity index (χ2n) is 7.87. The molecule has 3 aromatic carbocycles. The molecule has 0 amide bonds. The maximum atomic E-state index is 12.3. The van der Waals surface area contributed by atoms with E-state index in [0.29, 0.717) is 18.1 Å². The molecule has 0 saturated carbocycles. The lowest BCUT2D eigenvalue weighted by molar-refractivity contribution is 0.0322. The first-order chi connectivity index (χ1) is 15.7. The van der Waals surface area contributed by atoms with Crippen LogP contribution >= 0.6 is 0 Å². The SMILES string of the molecule is O=c1cc(-c2ccccc2)nc(-c2ccc3cc(OCCN4CCOCC4)ccc3c2)[nH]1. The Morgan fingerprint density at radius 2 is 1.69 bits per heavy atom. The second kappa shape index (κ2) is 9.34. The van der Waals surface area contributed by atoms with E-state index < -0.39 is 0 Å². The number of benzene rings is 3. The van der Waals surface area contributed by atoms with E-state index >= 15 is 0 Å². The third kappa shape index (κ3) is 4.72. The standard InChI is InChI=1S/C26H25N3O3/c30-25-18-24(19-4-2-1-3-5-19)27-26(28-25)22-7-6-21-17-23(9-8-20(21)16-22)32-15-12-29-10-13-31-14-11-29/h1-9,16-18H,10-15H2,(H,27,28,30). The Balaban J connectivity index is 1.34. The van der Waals surface area contributed by atoms with Crippen molar-refractivity contribution < 1.29 is 9.47 Å². The number of aromatic amines is 1. The van der Waals surface area contributed by atoms with Crippen LogP contribution in [0.1, 0.15) is 0 Å². The molecule has 0 atom stereocenters. The topological polar surface area (TPSA) is 67.4 Å². The van der Waals surface area contributed by atoms with E-state index in [4.69, 9.17) is 9.47 Å². The number of H-pyrrole nitrogens is 1. The van der Waals surface area contributed by atoms with E-state index in [0.717, 1.165) is 60.5 Å². The third-order valence-corrected chi connectivity index (χ3v) is 5.68. The van der Waals surface area contributed by atoms with Gasteiger partial charge in [-0.05, 0) is 29.0 Å².